The van der Waals surface area contributed by atoms with E-state index in [1.807, 2.05) is 33.8 Å². The van der Waals surface area contributed by atoms with Crippen molar-refractivity contribution in [2.45, 2.75) is 57.4 Å². The molecule has 0 bridgehead atoms. The predicted octanol–water partition coefficient (Wildman–Crippen LogP) is 2.12. The van der Waals surface area contributed by atoms with Crippen LogP contribution in [0.1, 0.15) is 40.5 Å². The van der Waals surface area contributed by atoms with Crippen LogP contribution in [0, 0.1) is 0 Å². The number of allylic oxidation sites excluding steroid dienone is 1. The number of rotatable bonds is 3. The topological polar surface area (TPSA) is 44.3 Å². The van der Waals surface area contributed by atoms with Gasteiger partial charge in [-0.05, 0) is 46.6 Å². The molecule has 0 aromatic carbocycles. The van der Waals surface area contributed by atoms with Crippen LogP contribution in [-0.4, -0.2) is 21.4 Å². The summed E-state index contributed by atoms with van der Waals surface area (Å²) in [5.74, 6) is 0. The average Bonchev–Trinajstić information content (AvgIpc) is 2.17. The van der Waals surface area contributed by atoms with Crippen LogP contribution in [0.15, 0.2) is 12.3 Å². The lowest BCUT2D eigenvalue weighted by atomic mass is 10.1. The standard InChI is InChI=1S/C11H21NO2S/c1-9(10-7-5-6-8-14-10)12-15(13)11(2,3)4/h6,8-10,12H,5,7H2,1-4H3/t9-,10+,15?/m1/s1. The molecule has 3 atom stereocenters. The molecule has 1 rings (SSSR count). The molecule has 0 spiro atoms. The summed E-state index contributed by atoms with van der Waals surface area (Å²) < 4.78 is 20.2. The Morgan fingerprint density at radius 1 is 1.53 bits per heavy atom. The van der Waals surface area contributed by atoms with Gasteiger partial charge in [0.25, 0.3) is 0 Å². The van der Waals surface area contributed by atoms with E-state index >= 15 is 0 Å². The van der Waals surface area contributed by atoms with Crippen molar-refractivity contribution in [1.82, 2.24) is 4.72 Å². The van der Waals surface area contributed by atoms with Crippen molar-refractivity contribution < 1.29 is 9.29 Å². The van der Waals surface area contributed by atoms with Crippen molar-refractivity contribution in [3.05, 3.63) is 12.3 Å². The maximum atomic E-state index is 11.8. The molecule has 3 nitrogen and oxygen atoms in total. The molecule has 0 saturated carbocycles. The summed E-state index contributed by atoms with van der Waals surface area (Å²) in [6.45, 7) is 7.91. The van der Waals surface area contributed by atoms with Gasteiger partial charge in [0.2, 0.25) is 0 Å². The minimum Gasteiger partial charge on any atom is -0.598 e. The third-order valence-electron chi connectivity index (χ3n) is 2.37. The van der Waals surface area contributed by atoms with E-state index in [1.54, 1.807) is 6.26 Å². The Morgan fingerprint density at radius 3 is 2.67 bits per heavy atom. The van der Waals surface area contributed by atoms with E-state index in [0.29, 0.717) is 0 Å². The van der Waals surface area contributed by atoms with E-state index in [9.17, 15) is 4.55 Å². The molecule has 88 valence electrons. The first-order valence-corrected chi connectivity index (χ1v) is 6.55. The third-order valence-corrected chi connectivity index (χ3v) is 4.07. The highest BCUT2D eigenvalue weighted by Crippen LogP contribution is 2.18. The van der Waals surface area contributed by atoms with Crippen LogP contribution in [0.4, 0.5) is 0 Å². The Balaban J connectivity index is 2.41. The highest BCUT2D eigenvalue weighted by Gasteiger charge is 2.31. The lowest BCUT2D eigenvalue weighted by Crippen LogP contribution is -2.48. The van der Waals surface area contributed by atoms with Gasteiger partial charge in [-0.2, -0.15) is 0 Å². The van der Waals surface area contributed by atoms with Crippen molar-refractivity contribution in [1.29, 1.82) is 0 Å². The molecule has 0 fully saturated rings. The van der Waals surface area contributed by atoms with E-state index in [4.69, 9.17) is 4.74 Å². The molecule has 0 amide bonds. The fourth-order valence-electron chi connectivity index (χ4n) is 1.34. The zero-order valence-corrected chi connectivity index (χ0v) is 10.8. The molecule has 0 aliphatic carbocycles. The van der Waals surface area contributed by atoms with Gasteiger partial charge in [-0.15, -0.1) is 4.72 Å². The Hall–Kier alpha value is -0.190. The van der Waals surface area contributed by atoms with E-state index in [2.05, 4.69) is 4.72 Å². The minimum absolute atomic E-state index is 0.120. The molecular weight excluding hydrogens is 210 g/mol. The Kier molecular flexibility index (Phi) is 4.49. The Bertz CT molecular complexity index is 225. The van der Waals surface area contributed by atoms with E-state index in [0.717, 1.165) is 12.8 Å². The van der Waals surface area contributed by atoms with Crippen LogP contribution in [0.2, 0.25) is 0 Å². The molecule has 0 saturated heterocycles. The van der Waals surface area contributed by atoms with Crippen molar-refractivity contribution in [2.24, 2.45) is 0 Å². The van der Waals surface area contributed by atoms with Gasteiger partial charge in [0.05, 0.1) is 12.3 Å². The SMILES string of the molecule is C[C@@H](N[S+]([O-])C(C)(C)C)[C@@H]1CCC=CO1. The molecule has 1 N–H and O–H groups in total. The van der Waals surface area contributed by atoms with Gasteiger partial charge in [0.1, 0.15) is 10.9 Å². The molecule has 1 aliphatic rings. The van der Waals surface area contributed by atoms with Crippen LogP contribution in [0.25, 0.3) is 0 Å². The van der Waals surface area contributed by atoms with E-state index in [-0.39, 0.29) is 16.9 Å². The highest BCUT2D eigenvalue weighted by molar-refractivity contribution is 7.90. The fourth-order valence-corrected chi connectivity index (χ4v) is 2.19. The molecule has 1 aliphatic heterocycles. The van der Waals surface area contributed by atoms with Crippen molar-refractivity contribution >= 4 is 11.4 Å². The number of hydrogen-bond acceptors (Lipinski definition) is 3. The van der Waals surface area contributed by atoms with Gasteiger partial charge in [-0.25, -0.2) is 0 Å². The lowest BCUT2D eigenvalue weighted by Gasteiger charge is -2.30. The second-order valence-electron chi connectivity index (χ2n) is 4.91. The van der Waals surface area contributed by atoms with Crippen LogP contribution in [0.5, 0.6) is 0 Å². The molecule has 15 heavy (non-hydrogen) atoms. The maximum Gasteiger partial charge on any atom is 0.136 e. The first-order chi connectivity index (χ1) is 6.91. The number of nitrogens with one attached hydrogen (secondary N) is 1. The normalized spacial score (nSPS) is 25.8. The van der Waals surface area contributed by atoms with Crippen molar-refractivity contribution in [3.63, 3.8) is 0 Å². The average molecular weight is 231 g/mol. The molecule has 1 unspecified atom stereocenters. The van der Waals surface area contributed by atoms with Crippen molar-refractivity contribution in [3.8, 4) is 0 Å². The van der Waals surface area contributed by atoms with Gasteiger partial charge >= 0.3 is 0 Å². The Labute approximate surface area is 95.6 Å². The van der Waals surface area contributed by atoms with E-state index in [1.165, 1.54) is 0 Å². The lowest BCUT2D eigenvalue weighted by molar-refractivity contribution is 0.0991. The van der Waals surface area contributed by atoms with Gasteiger partial charge < -0.3 is 9.29 Å². The molecule has 4 heteroatoms. The molecule has 1 heterocycles. The third kappa shape index (κ3) is 4.05. The second-order valence-corrected chi connectivity index (χ2v) is 6.91. The monoisotopic (exact) mass is 231 g/mol. The summed E-state index contributed by atoms with van der Waals surface area (Å²) in [7, 11) is 0. The quantitative estimate of drug-likeness (QED) is 0.757. The zero-order chi connectivity index (χ0) is 11.5. The predicted molar refractivity (Wildman–Crippen MR) is 63.7 cm³/mol. The fraction of sp³-hybridized carbons (Fsp3) is 0.818. The maximum absolute atomic E-state index is 11.8. The zero-order valence-electron chi connectivity index (χ0n) is 9.95. The van der Waals surface area contributed by atoms with Crippen LogP contribution in [-0.2, 0) is 16.1 Å². The highest BCUT2D eigenvalue weighted by atomic mass is 32.2. The summed E-state index contributed by atoms with van der Waals surface area (Å²) in [6.07, 6.45) is 5.93. The van der Waals surface area contributed by atoms with Crippen LogP contribution >= 0.6 is 0 Å². The van der Waals surface area contributed by atoms with Gasteiger partial charge in [-0.3, -0.25) is 0 Å². The molecule has 0 aromatic rings. The first kappa shape index (κ1) is 12.9. The summed E-state index contributed by atoms with van der Waals surface area (Å²) >= 11 is -1.02. The van der Waals surface area contributed by atoms with Crippen molar-refractivity contribution in [2.75, 3.05) is 0 Å². The summed E-state index contributed by atoms with van der Waals surface area (Å²) in [6, 6.07) is 0.120. The van der Waals surface area contributed by atoms with Gasteiger partial charge in [0, 0.05) is 11.4 Å². The largest absolute Gasteiger partial charge is 0.598 e. The summed E-state index contributed by atoms with van der Waals surface area (Å²) in [5, 5.41) is 0. The van der Waals surface area contributed by atoms with Gasteiger partial charge in [-0.1, -0.05) is 0 Å². The number of ether oxygens (including phenoxy) is 1. The summed E-state index contributed by atoms with van der Waals surface area (Å²) in [5.41, 5.74) is 0. The van der Waals surface area contributed by atoms with E-state index < -0.39 is 11.4 Å². The first-order valence-electron chi connectivity index (χ1n) is 5.40. The number of hydrogen-bond donors (Lipinski definition) is 1. The second kappa shape index (κ2) is 5.23. The Morgan fingerprint density at radius 2 is 2.20 bits per heavy atom. The molecule has 0 aromatic heterocycles. The van der Waals surface area contributed by atoms with Gasteiger partial charge in [0.15, 0.2) is 0 Å². The minimum atomic E-state index is -1.02. The summed E-state index contributed by atoms with van der Waals surface area (Å²) in [4.78, 5) is 0. The van der Waals surface area contributed by atoms with Crippen LogP contribution in [0.3, 0.4) is 0 Å². The van der Waals surface area contributed by atoms with Crippen LogP contribution < -0.4 is 4.72 Å². The smallest absolute Gasteiger partial charge is 0.136 e. The molecule has 0 radical (unpaired) electrons. The molecular formula is C11H21NO2S.